The average molecular weight is 278 g/mol. The molecule has 1 aromatic carbocycles. The van der Waals surface area contributed by atoms with Crippen LogP contribution in [0.1, 0.15) is 38.4 Å². The zero-order valence-corrected chi connectivity index (χ0v) is 12.7. The summed E-state index contributed by atoms with van der Waals surface area (Å²) in [6, 6.07) is 9.88. The molecule has 4 heteroatoms. The van der Waals surface area contributed by atoms with Crippen LogP contribution in [0.4, 0.5) is 0 Å². The van der Waals surface area contributed by atoms with Gasteiger partial charge < -0.3 is 15.8 Å². The van der Waals surface area contributed by atoms with Gasteiger partial charge in [-0.05, 0) is 18.4 Å². The maximum atomic E-state index is 12.4. The van der Waals surface area contributed by atoms with E-state index in [2.05, 4.69) is 5.32 Å². The minimum absolute atomic E-state index is 0.0166. The molecule has 0 bridgehead atoms. The van der Waals surface area contributed by atoms with Gasteiger partial charge in [0.2, 0.25) is 5.91 Å². The number of amides is 1. The quantitative estimate of drug-likeness (QED) is 0.766. The highest BCUT2D eigenvalue weighted by atomic mass is 16.5. The van der Waals surface area contributed by atoms with Crippen LogP contribution in [0.5, 0.6) is 0 Å². The van der Waals surface area contributed by atoms with Crippen molar-refractivity contribution in [2.75, 3.05) is 20.2 Å². The summed E-state index contributed by atoms with van der Waals surface area (Å²) in [5.41, 5.74) is 6.38. The molecule has 3 N–H and O–H groups in total. The van der Waals surface area contributed by atoms with E-state index in [1.807, 2.05) is 44.2 Å². The van der Waals surface area contributed by atoms with E-state index in [1.165, 1.54) is 0 Å². The van der Waals surface area contributed by atoms with Crippen LogP contribution in [0, 0.1) is 5.41 Å². The predicted molar refractivity (Wildman–Crippen MR) is 81.3 cm³/mol. The van der Waals surface area contributed by atoms with Gasteiger partial charge in [0.05, 0.1) is 11.5 Å². The van der Waals surface area contributed by atoms with Gasteiger partial charge in [0.1, 0.15) is 0 Å². The van der Waals surface area contributed by atoms with Gasteiger partial charge in [0.25, 0.3) is 0 Å². The van der Waals surface area contributed by atoms with E-state index < -0.39 is 5.41 Å². The molecule has 0 saturated heterocycles. The summed E-state index contributed by atoms with van der Waals surface area (Å²) in [4.78, 5) is 12.4. The van der Waals surface area contributed by atoms with Crippen LogP contribution in [-0.2, 0) is 9.53 Å². The van der Waals surface area contributed by atoms with E-state index in [1.54, 1.807) is 7.11 Å². The van der Waals surface area contributed by atoms with E-state index in [9.17, 15) is 4.79 Å². The van der Waals surface area contributed by atoms with Gasteiger partial charge in [-0.2, -0.15) is 0 Å². The molecule has 1 aromatic rings. The van der Waals surface area contributed by atoms with Crippen molar-refractivity contribution < 1.29 is 9.53 Å². The Kier molecular flexibility index (Phi) is 6.68. The van der Waals surface area contributed by atoms with Gasteiger partial charge >= 0.3 is 0 Å². The summed E-state index contributed by atoms with van der Waals surface area (Å²) in [6.07, 6.45) is 1.35. The number of ether oxygens (including phenoxy) is 1. The van der Waals surface area contributed by atoms with Crippen LogP contribution in [0.15, 0.2) is 30.3 Å². The summed E-state index contributed by atoms with van der Waals surface area (Å²) in [6.45, 7) is 4.83. The molecule has 0 saturated carbocycles. The lowest BCUT2D eigenvalue weighted by molar-refractivity contribution is -0.131. The molecule has 4 nitrogen and oxygen atoms in total. The number of benzene rings is 1. The Morgan fingerprint density at radius 1 is 1.30 bits per heavy atom. The summed E-state index contributed by atoms with van der Waals surface area (Å²) >= 11 is 0. The maximum Gasteiger partial charge on any atom is 0.227 e. The predicted octanol–water partition coefficient (Wildman–Crippen LogP) is 2.26. The van der Waals surface area contributed by atoms with Gasteiger partial charge in [-0.15, -0.1) is 0 Å². The topological polar surface area (TPSA) is 64.4 Å². The Morgan fingerprint density at radius 2 is 1.90 bits per heavy atom. The lowest BCUT2D eigenvalue weighted by Crippen LogP contribution is -2.46. The molecule has 112 valence electrons. The highest BCUT2D eigenvalue weighted by Crippen LogP contribution is 2.25. The number of carbonyl (C=O) groups is 1. The zero-order valence-electron chi connectivity index (χ0n) is 12.7. The van der Waals surface area contributed by atoms with Gasteiger partial charge in [0, 0.05) is 20.2 Å². The van der Waals surface area contributed by atoms with Crippen LogP contribution < -0.4 is 11.1 Å². The molecular formula is C16H26N2O2. The van der Waals surface area contributed by atoms with Crippen LogP contribution in [0.3, 0.4) is 0 Å². The molecule has 1 unspecified atom stereocenters. The van der Waals surface area contributed by atoms with E-state index in [0.717, 1.165) is 18.4 Å². The summed E-state index contributed by atoms with van der Waals surface area (Å²) in [7, 11) is 1.65. The molecule has 1 rings (SSSR count). The minimum atomic E-state index is -0.463. The number of nitrogens with one attached hydrogen (secondary N) is 1. The van der Waals surface area contributed by atoms with Crippen molar-refractivity contribution in [1.29, 1.82) is 0 Å². The second-order valence-corrected chi connectivity index (χ2v) is 5.04. The van der Waals surface area contributed by atoms with E-state index >= 15 is 0 Å². The first-order valence-corrected chi connectivity index (χ1v) is 7.19. The number of rotatable bonds is 8. The van der Waals surface area contributed by atoms with Crippen LogP contribution in [0.25, 0.3) is 0 Å². The highest BCUT2D eigenvalue weighted by molar-refractivity contribution is 5.82. The molecule has 0 radical (unpaired) electrons. The Morgan fingerprint density at radius 3 is 2.35 bits per heavy atom. The van der Waals surface area contributed by atoms with E-state index in [4.69, 9.17) is 10.5 Å². The van der Waals surface area contributed by atoms with Crippen LogP contribution in [-0.4, -0.2) is 26.1 Å². The van der Waals surface area contributed by atoms with Crippen molar-refractivity contribution >= 4 is 5.91 Å². The van der Waals surface area contributed by atoms with E-state index in [-0.39, 0.29) is 12.0 Å². The third-order valence-corrected chi connectivity index (χ3v) is 4.13. The summed E-state index contributed by atoms with van der Waals surface area (Å²) in [5, 5.41) is 2.98. The monoisotopic (exact) mass is 278 g/mol. The van der Waals surface area contributed by atoms with E-state index in [0.29, 0.717) is 13.1 Å². The smallest absolute Gasteiger partial charge is 0.227 e. The highest BCUT2D eigenvalue weighted by Gasteiger charge is 2.33. The largest absolute Gasteiger partial charge is 0.375 e. The maximum absolute atomic E-state index is 12.4. The number of nitrogens with two attached hydrogens (primary N) is 1. The first-order valence-electron chi connectivity index (χ1n) is 7.19. The van der Waals surface area contributed by atoms with Crippen molar-refractivity contribution in [3.05, 3.63) is 35.9 Å². The molecule has 0 spiro atoms. The third kappa shape index (κ3) is 3.81. The van der Waals surface area contributed by atoms with Gasteiger partial charge in [-0.1, -0.05) is 44.2 Å². The molecule has 0 aliphatic heterocycles. The van der Waals surface area contributed by atoms with Crippen LogP contribution in [0.2, 0.25) is 0 Å². The lowest BCUT2D eigenvalue weighted by atomic mass is 9.81. The second-order valence-electron chi connectivity index (χ2n) is 5.04. The Hall–Kier alpha value is -1.39. The molecule has 0 fully saturated rings. The summed E-state index contributed by atoms with van der Waals surface area (Å²) in [5.74, 6) is 0.0166. The summed E-state index contributed by atoms with van der Waals surface area (Å²) < 4.78 is 5.45. The molecule has 0 aromatic heterocycles. The van der Waals surface area contributed by atoms with Crippen LogP contribution >= 0.6 is 0 Å². The lowest BCUT2D eigenvalue weighted by Gasteiger charge is -2.29. The normalized spacial score (nSPS) is 13.0. The van der Waals surface area contributed by atoms with Crippen molar-refractivity contribution in [3.8, 4) is 0 Å². The Bertz CT molecular complexity index is 394. The number of hydrogen-bond acceptors (Lipinski definition) is 3. The molecule has 1 amide bonds. The number of carbonyl (C=O) groups excluding carboxylic acids is 1. The minimum Gasteiger partial charge on any atom is -0.375 e. The number of methoxy groups -OCH3 is 1. The standard InChI is InChI=1S/C16H26N2O2/c1-4-16(5-2,12-17)15(19)18-11-14(20-3)13-9-7-6-8-10-13/h6-10,14H,4-5,11-12,17H2,1-3H3,(H,18,19). The first-order chi connectivity index (χ1) is 9.63. The third-order valence-electron chi connectivity index (χ3n) is 4.13. The second kappa shape index (κ2) is 8.02. The molecule has 0 aliphatic carbocycles. The fourth-order valence-corrected chi connectivity index (χ4v) is 2.33. The van der Waals surface area contributed by atoms with Crippen molar-refractivity contribution in [1.82, 2.24) is 5.32 Å². The fraction of sp³-hybridized carbons (Fsp3) is 0.562. The van der Waals surface area contributed by atoms with Gasteiger partial charge in [-0.3, -0.25) is 4.79 Å². The SMILES string of the molecule is CCC(CC)(CN)C(=O)NCC(OC)c1ccccc1. The molecule has 1 atom stereocenters. The Balaban J connectivity index is 2.67. The van der Waals surface area contributed by atoms with Gasteiger partial charge in [0.15, 0.2) is 0 Å². The van der Waals surface area contributed by atoms with Crippen molar-refractivity contribution in [2.45, 2.75) is 32.8 Å². The Labute approximate surface area is 121 Å². The van der Waals surface area contributed by atoms with Gasteiger partial charge in [-0.25, -0.2) is 0 Å². The number of hydrogen-bond donors (Lipinski definition) is 2. The molecular weight excluding hydrogens is 252 g/mol. The zero-order chi connectivity index (χ0) is 15.0. The average Bonchev–Trinajstić information content (AvgIpc) is 2.51. The molecule has 20 heavy (non-hydrogen) atoms. The fourth-order valence-electron chi connectivity index (χ4n) is 2.33. The van der Waals surface area contributed by atoms with Crippen molar-refractivity contribution in [2.24, 2.45) is 11.1 Å². The van der Waals surface area contributed by atoms with Crippen molar-refractivity contribution in [3.63, 3.8) is 0 Å². The first kappa shape index (κ1) is 16.7. The molecule has 0 heterocycles. The molecule has 0 aliphatic rings.